The number of rotatable bonds is 8. The van der Waals surface area contributed by atoms with Gasteiger partial charge in [-0.25, -0.2) is 4.68 Å². The summed E-state index contributed by atoms with van der Waals surface area (Å²) in [5.74, 6) is 1.89. The summed E-state index contributed by atoms with van der Waals surface area (Å²) in [4.78, 5) is 27.7. The van der Waals surface area contributed by atoms with Crippen LogP contribution in [0.5, 0.6) is 0 Å². The monoisotopic (exact) mass is 450 g/mol. The van der Waals surface area contributed by atoms with Crippen LogP contribution in [0.15, 0.2) is 41.3 Å². The topological polar surface area (TPSA) is 67.2 Å². The van der Waals surface area contributed by atoms with Gasteiger partial charge in [0.1, 0.15) is 6.54 Å². The number of Topliss-reactive ketones (excluding diaryl/α,β-unsaturated/α-hetero) is 1. The molecule has 2 aliphatic carbocycles. The Hall–Kier alpha value is -2.63. The Morgan fingerprint density at radius 1 is 1.18 bits per heavy atom. The molecule has 2 saturated carbocycles. The highest BCUT2D eigenvalue weighted by Crippen LogP contribution is 2.57. The van der Waals surface area contributed by atoms with Gasteiger partial charge < -0.3 is 10.2 Å². The van der Waals surface area contributed by atoms with Crippen LogP contribution in [0.2, 0.25) is 0 Å². The second kappa shape index (κ2) is 9.32. The number of hydrogen-bond donors (Lipinski definition) is 1. The fourth-order valence-corrected chi connectivity index (χ4v) is 6.30. The van der Waals surface area contributed by atoms with Crippen molar-refractivity contribution < 1.29 is 4.79 Å². The predicted octanol–water partition coefficient (Wildman–Crippen LogP) is 4.85. The lowest BCUT2D eigenvalue weighted by Crippen LogP contribution is -2.45. The minimum absolute atomic E-state index is 0.0537. The fourth-order valence-electron chi connectivity index (χ4n) is 6.30. The van der Waals surface area contributed by atoms with Crippen molar-refractivity contribution in [1.82, 2.24) is 9.78 Å². The number of anilines is 2. The number of aromatic nitrogens is 2. The first-order valence-electron chi connectivity index (χ1n) is 12.5. The molecule has 0 aliphatic heterocycles. The van der Waals surface area contributed by atoms with Gasteiger partial charge in [0.25, 0.3) is 5.56 Å². The summed E-state index contributed by atoms with van der Waals surface area (Å²) in [6.45, 7) is 13.2. The van der Waals surface area contributed by atoms with E-state index >= 15 is 0 Å². The van der Waals surface area contributed by atoms with Gasteiger partial charge in [0.2, 0.25) is 0 Å². The van der Waals surface area contributed by atoms with Crippen LogP contribution >= 0.6 is 0 Å². The van der Waals surface area contributed by atoms with Crippen LogP contribution in [0.3, 0.4) is 0 Å². The maximum Gasteiger partial charge on any atom is 0.269 e. The van der Waals surface area contributed by atoms with Crippen LogP contribution in [0.25, 0.3) is 0 Å². The largest absolute Gasteiger partial charge is 0.381 e. The van der Waals surface area contributed by atoms with E-state index in [0.717, 1.165) is 36.8 Å². The van der Waals surface area contributed by atoms with Crippen molar-refractivity contribution in [3.05, 3.63) is 52.4 Å². The molecule has 2 aliphatic rings. The number of benzene rings is 1. The van der Waals surface area contributed by atoms with Gasteiger partial charge in [-0.1, -0.05) is 20.8 Å². The number of nitrogens with zero attached hydrogens (tertiary/aromatic N) is 3. The molecule has 0 unspecified atom stereocenters. The summed E-state index contributed by atoms with van der Waals surface area (Å²) in [5.41, 5.74) is 2.60. The van der Waals surface area contributed by atoms with Crippen molar-refractivity contribution in [3.8, 4) is 0 Å². The van der Waals surface area contributed by atoms with Gasteiger partial charge in [0, 0.05) is 36.4 Å². The summed E-state index contributed by atoms with van der Waals surface area (Å²) in [6, 6.07) is 9.53. The van der Waals surface area contributed by atoms with Gasteiger partial charge in [-0.3, -0.25) is 9.59 Å². The summed E-state index contributed by atoms with van der Waals surface area (Å²) in [7, 11) is 0. The van der Waals surface area contributed by atoms with Crippen molar-refractivity contribution in [3.63, 3.8) is 0 Å². The molecule has 6 heteroatoms. The van der Waals surface area contributed by atoms with Crippen LogP contribution in [-0.4, -0.2) is 34.7 Å². The van der Waals surface area contributed by atoms with Crippen LogP contribution in [-0.2, 0) is 6.54 Å². The predicted molar refractivity (Wildman–Crippen MR) is 134 cm³/mol. The first-order chi connectivity index (χ1) is 15.7. The van der Waals surface area contributed by atoms with E-state index in [9.17, 15) is 9.59 Å². The molecule has 0 amide bonds. The highest BCUT2D eigenvalue weighted by Gasteiger charge is 2.51. The third-order valence-corrected chi connectivity index (χ3v) is 8.47. The molecule has 6 nitrogen and oxygen atoms in total. The lowest BCUT2D eigenvalue weighted by Gasteiger charge is -2.46. The minimum atomic E-state index is -0.250. The molecule has 1 aromatic heterocycles. The molecule has 2 bridgehead atoms. The van der Waals surface area contributed by atoms with E-state index in [1.54, 1.807) is 12.3 Å². The fraction of sp³-hybridized carbons (Fsp3) is 0.593. The Bertz CT molecular complexity index is 1040. The Balaban J connectivity index is 1.41. The Morgan fingerprint density at radius 3 is 2.52 bits per heavy atom. The first-order valence-corrected chi connectivity index (χ1v) is 12.5. The first kappa shape index (κ1) is 23.5. The zero-order valence-corrected chi connectivity index (χ0v) is 20.7. The zero-order valence-electron chi connectivity index (χ0n) is 20.7. The number of nitrogens with one attached hydrogen (secondary N) is 1. The summed E-state index contributed by atoms with van der Waals surface area (Å²) < 4.78 is 1.25. The molecule has 4 atom stereocenters. The van der Waals surface area contributed by atoms with E-state index in [-0.39, 0.29) is 17.9 Å². The van der Waals surface area contributed by atoms with Crippen LogP contribution in [0, 0.1) is 23.2 Å². The highest BCUT2D eigenvalue weighted by molar-refractivity contribution is 5.96. The minimum Gasteiger partial charge on any atom is -0.381 e. The lowest BCUT2D eigenvalue weighted by atomic mass is 9.62. The smallest absolute Gasteiger partial charge is 0.269 e. The third-order valence-electron chi connectivity index (χ3n) is 8.47. The van der Waals surface area contributed by atoms with Gasteiger partial charge >= 0.3 is 0 Å². The molecule has 2 aromatic rings. The standard InChI is InChI=1S/C27H38N4O2/c1-6-30(7-2)22-11-8-19(9-12-22)25(32)17-31-26(33)15-21(16-28-31)29-24-14-20-10-13-23(18(24)3)27(20,4)5/h8-9,11-12,15-16,18,20,23-24,29H,6-7,10,13-14,17H2,1-5H3/t18-,20+,23-,24-/m1/s1. The number of carbonyl (C=O) groups is 1. The molecule has 4 rings (SSSR count). The maximum absolute atomic E-state index is 12.7. The molecular weight excluding hydrogens is 412 g/mol. The summed E-state index contributed by atoms with van der Waals surface area (Å²) in [6.07, 6.45) is 5.43. The number of ketones is 1. The molecule has 1 heterocycles. The maximum atomic E-state index is 12.7. The van der Waals surface area contributed by atoms with Gasteiger partial charge in [-0.2, -0.15) is 5.10 Å². The number of carbonyl (C=O) groups excluding carboxylic acids is 1. The Labute approximate surface area is 197 Å². The zero-order chi connectivity index (χ0) is 23.8. The van der Waals surface area contributed by atoms with Crippen molar-refractivity contribution in [2.45, 2.75) is 66.5 Å². The van der Waals surface area contributed by atoms with Gasteiger partial charge in [-0.05, 0) is 80.5 Å². The van der Waals surface area contributed by atoms with Crippen LogP contribution in [0.4, 0.5) is 11.4 Å². The highest BCUT2D eigenvalue weighted by atomic mass is 16.1. The van der Waals surface area contributed by atoms with Crippen LogP contribution in [0.1, 0.15) is 64.2 Å². The molecule has 0 saturated heterocycles. The van der Waals surface area contributed by atoms with Crippen molar-refractivity contribution in [2.24, 2.45) is 23.2 Å². The molecule has 33 heavy (non-hydrogen) atoms. The van der Waals surface area contributed by atoms with Gasteiger partial charge in [-0.15, -0.1) is 0 Å². The van der Waals surface area contributed by atoms with Gasteiger partial charge in [0.05, 0.1) is 11.9 Å². The molecule has 2 fully saturated rings. The number of hydrogen-bond acceptors (Lipinski definition) is 5. The van der Waals surface area contributed by atoms with E-state index in [1.165, 1.54) is 17.5 Å². The van der Waals surface area contributed by atoms with E-state index in [1.807, 2.05) is 24.3 Å². The van der Waals surface area contributed by atoms with Crippen molar-refractivity contribution in [1.29, 1.82) is 0 Å². The number of fused-ring (bicyclic) bond motifs is 2. The molecule has 0 spiro atoms. The van der Waals surface area contributed by atoms with E-state index in [2.05, 4.69) is 49.9 Å². The van der Waals surface area contributed by atoms with E-state index in [4.69, 9.17) is 0 Å². The average molecular weight is 451 g/mol. The SMILES string of the molecule is CCN(CC)c1ccc(C(=O)Cn2ncc(N[C@@H]3C[C@@H]4CC[C@H]([C@H]3C)C4(C)C)cc2=O)cc1. The Morgan fingerprint density at radius 2 is 1.88 bits per heavy atom. The third kappa shape index (κ3) is 4.57. The molecule has 1 N–H and O–H groups in total. The molecular formula is C27H38N4O2. The van der Waals surface area contributed by atoms with Crippen molar-refractivity contribution >= 4 is 17.2 Å². The molecule has 0 radical (unpaired) electrons. The second-order valence-corrected chi connectivity index (χ2v) is 10.4. The summed E-state index contributed by atoms with van der Waals surface area (Å²) >= 11 is 0. The van der Waals surface area contributed by atoms with Crippen molar-refractivity contribution in [2.75, 3.05) is 23.3 Å². The second-order valence-electron chi connectivity index (χ2n) is 10.4. The quantitative estimate of drug-likeness (QED) is 0.583. The van der Waals surface area contributed by atoms with Crippen LogP contribution < -0.4 is 15.8 Å². The lowest BCUT2D eigenvalue weighted by molar-refractivity contribution is 0.0691. The summed E-state index contributed by atoms with van der Waals surface area (Å²) in [5, 5.41) is 7.89. The van der Waals surface area contributed by atoms with Gasteiger partial charge in [0.15, 0.2) is 5.78 Å². The normalized spacial score (nSPS) is 25.6. The Kier molecular flexibility index (Phi) is 6.64. The average Bonchev–Trinajstić information content (AvgIpc) is 2.97. The molecule has 178 valence electrons. The van der Waals surface area contributed by atoms with E-state index < -0.39 is 0 Å². The molecule has 1 aromatic carbocycles. The van der Waals surface area contributed by atoms with E-state index in [0.29, 0.717) is 28.9 Å².